The third-order valence-electron chi connectivity index (χ3n) is 4.46. The van der Waals surface area contributed by atoms with Gasteiger partial charge < -0.3 is 11.1 Å². The van der Waals surface area contributed by atoms with E-state index in [4.69, 9.17) is 5.73 Å². The molecule has 17 heavy (non-hydrogen) atoms. The Balaban J connectivity index is 1.67. The van der Waals surface area contributed by atoms with Crippen LogP contribution in [0, 0.1) is 5.92 Å². The maximum Gasteiger partial charge on any atom is 0.0218 e. The Morgan fingerprint density at radius 2 is 2.06 bits per heavy atom. The Labute approximate surface area is 106 Å². The van der Waals surface area contributed by atoms with E-state index in [1.807, 2.05) is 0 Å². The summed E-state index contributed by atoms with van der Waals surface area (Å²) < 4.78 is 0. The summed E-state index contributed by atoms with van der Waals surface area (Å²) in [6.45, 7) is 1.94. The first kappa shape index (κ1) is 13.1. The van der Waals surface area contributed by atoms with Crippen molar-refractivity contribution >= 4 is 0 Å². The first-order valence-electron chi connectivity index (χ1n) is 7.51. The van der Waals surface area contributed by atoms with Gasteiger partial charge in [0.1, 0.15) is 0 Å². The summed E-state index contributed by atoms with van der Waals surface area (Å²) in [5.41, 5.74) is 7.58. The minimum atomic E-state index is 0.567. The zero-order chi connectivity index (χ0) is 11.9. The molecule has 0 aliphatic heterocycles. The molecule has 2 rings (SSSR count). The fraction of sp³-hybridized carbons (Fsp3) is 0.867. The molecule has 2 heteroatoms. The predicted molar refractivity (Wildman–Crippen MR) is 74.0 cm³/mol. The molecule has 0 aromatic carbocycles. The molecular formula is C15H28N2. The van der Waals surface area contributed by atoms with Crippen molar-refractivity contribution in [2.24, 2.45) is 11.7 Å². The van der Waals surface area contributed by atoms with E-state index in [0.717, 1.165) is 19.0 Å². The number of allylic oxidation sites excluding steroid dienone is 1. The van der Waals surface area contributed by atoms with Crippen LogP contribution in [0.3, 0.4) is 0 Å². The van der Waals surface area contributed by atoms with Crippen molar-refractivity contribution in [3.63, 3.8) is 0 Å². The second-order valence-electron chi connectivity index (χ2n) is 5.70. The van der Waals surface area contributed by atoms with Crippen molar-refractivity contribution < 1.29 is 0 Å². The molecule has 1 unspecified atom stereocenters. The van der Waals surface area contributed by atoms with Gasteiger partial charge in [0, 0.05) is 12.6 Å². The largest absolute Gasteiger partial charge is 0.329 e. The molecule has 1 fully saturated rings. The van der Waals surface area contributed by atoms with Crippen molar-refractivity contribution in [3.8, 4) is 0 Å². The Bertz CT molecular complexity index is 241. The van der Waals surface area contributed by atoms with Crippen LogP contribution in [0.5, 0.6) is 0 Å². The Morgan fingerprint density at radius 1 is 1.24 bits per heavy atom. The molecule has 2 aliphatic carbocycles. The lowest BCUT2D eigenvalue weighted by atomic mass is 9.84. The lowest BCUT2D eigenvalue weighted by Crippen LogP contribution is -2.43. The molecular weight excluding hydrogens is 208 g/mol. The molecule has 2 nitrogen and oxygen atoms in total. The van der Waals surface area contributed by atoms with Crippen LogP contribution < -0.4 is 11.1 Å². The molecule has 0 saturated heterocycles. The van der Waals surface area contributed by atoms with E-state index in [-0.39, 0.29) is 0 Å². The normalized spacial score (nSPS) is 23.7. The van der Waals surface area contributed by atoms with Gasteiger partial charge in [-0.05, 0) is 51.0 Å². The summed E-state index contributed by atoms with van der Waals surface area (Å²) in [7, 11) is 0. The fourth-order valence-electron chi connectivity index (χ4n) is 3.36. The maximum absolute atomic E-state index is 5.92. The second-order valence-corrected chi connectivity index (χ2v) is 5.70. The predicted octanol–water partition coefficient (Wildman–Crippen LogP) is 2.98. The molecule has 1 atom stereocenters. The highest BCUT2D eigenvalue weighted by atomic mass is 14.9. The van der Waals surface area contributed by atoms with E-state index in [1.165, 1.54) is 57.8 Å². The van der Waals surface area contributed by atoms with E-state index in [9.17, 15) is 0 Å². The zero-order valence-corrected chi connectivity index (χ0v) is 11.1. The summed E-state index contributed by atoms with van der Waals surface area (Å²) >= 11 is 0. The lowest BCUT2D eigenvalue weighted by Gasteiger charge is -2.30. The van der Waals surface area contributed by atoms with Gasteiger partial charge in [0.25, 0.3) is 0 Å². The summed E-state index contributed by atoms with van der Waals surface area (Å²) in [6, 6.07) is 0.567. The highest BCUT2D eigenvalue weighted by molar-refractivity contribution is 5.07. The number of hydrogen-bond donors (Lipinski definition) is 2. The van der Waals surface area contributed by atoms with Crippen LogP contribution in [0.1, 0.15) is 57.8 Å². The first-order valence-corrected chi connectivity index (χ1v) is 7.51. The van der Waals surface area contributed by atoms with Crippen LogP contribution in [0.4, 0.5) is 0 Å². The van der Waals surface area contributed by atoms with E-state index in [2.05, 4.69) is 11.4 Å². The Hall–Kier alpha value is -0.340. The summed E-state index contributed by atoms with van der Waals surface area (Å²) in [5.74, 6) is 0.839. The third kappa shape index (κ3) is 4.11. The standard InChI is InChI=1S/C15H28N2/c16-12-15(14-8-2-1-3-9-14)17-11-10-13-6-4-5-7-13/h6,14-15,17H,1-5,7-12,16H2. The van der Waals surface area contributed by atoms with Crippen LogP contribution in [0.25, 0.3) is 0 Å². The SMILES string of the molecule is NCC(NCCC1=CCCC1)C1CCCCC1. The summed E-state index contributed by atoms with van der Waals surface area (Å²) in [6.07, 6.45) is 14.7. The van der Waals surface area contributed by atoms with Gasteiger partial charge in [0.05, 0.1) is 0 Å². The molecule has 0 aromatic heterocycles. The summed E-state index contributed by atoms with van der Waals surface area (Å²) in [5, 5.41) is 3.70. The molecule has 1 saturated carbocycles. The highest BCUT2D eigenvalue weighted by Crippen LogP contribution is 2.26. The minimum absolute atomic E-state index is 0.567. The van der Waals surface area contributed by atoms with Crippen LogP contribution in [0.2, 0.25) is 0 Å². The van der Waals surface area contributed by atoms with E-state index < -0.39 is 0 Å². The highest BCUT2D eigenvalue weighted by Gasteiger charge is 2.21. The average Bonchev–Trinajstić information content (AvgIpc) is 2.89. The smallest absolute Gasteiger partial charge is 0.0218 e. The van der Waals surface area contributed by atoms with Gasteiger partial charge in [0.15, 0.2) is 0 Å². The molecule has 3 N–H and O–H groups in total. The van der Waals surface area contributed by atoms with Crippen LogP contribution in [-0.2, 0) is 0 Å². The molecule has 0 amide bonds. The van der Waals surface area contributed by atoms with E-state index in [0.29, 0.717) is 6.04 Å². The van der Waals surface area contributed by atoms with Crippen LogP contribution >= 0.6 is 0 Å². The van der Waals surface area contributed by atoms with Gasteiger partial charge in [-0.1, -0.05) is 30.9 Å². The number of nitrogens with one attached hydrogen (secondary N) is 1. The molecule has 98 valence electrons. The Morgan fingerprint density at radius 3 is 2.71 bits per heavy atom. The van der Waals surface area contributed by atoms with Crippen molar-refractivity contribution in [1.82, 2.24) is 5.32 Å². The fourth-order valence-corrected chi connectivity index (χ4v) is 3.36. The van der Waals surface area contributed by atoms with Gasteiger partial charge in [0.2, 0.25) is 0 Å². The molecule has 0 spiro atoms. The van der Waals surface area contributed by atoms with Crippen molar-refractivity contribution in [3.05, 3.63) is 11.6 Å². The van der Waals surface area contributed by atoms with Crippen molar-refractivity contribution in [1.29, 1.82) is 0 Å². The zero-order valence-electron chi connectivity index (χ0n) is 11.1. The third-order valence-corrected chi connectivity index (χ3v) is 4.46. The van der Waals surface area contributed by atoms with Crippen molar-refractivity contribution in [2.75, 3.05) is 13.1 Å². The molecule has 0 heterocycles. The van der Waals surface area contributed by atoms with E-state index in [1.54, 1.807) is 5.57 Å². The number of hydrogen-bond acceptors (Lipinski definition) is 2. The van der Waals surface area contributed by atoms with Gasteiger partial charge >= 0.3 is 0 Å². The van der Waals surface area contributed by atoms with Crippen LogP contribution in [-0.4, -0.2) is 19.1 Å². The van der Waals surface area contributed by atoms with Crippen LogP contribution in [0.15, 0.2) is 11.6 Å². The van der Waals surface area contributed by atoms with E-state index >= 15 is 0 Å². The van der Waals surface area contributed by atoms with Crippen molar-refractivity contribution in [2.45, 2.75) is 63.8 Å². The molecule has 0 radical (unpaired) electrons. The maximum atomic E-state index is 5.92. The minimum Gasteiger partial charge on any atom is -0.329 e. The molecule has 0 bridgehead atoms. The molecule has 2 aliphatic rings. The lowest BCUT2D eigenvalue weighted by molar-refractivity contribution is 0.273. The monoisotopic (exact) mass is 236 g/mol. The second kappa shape index (κ2) is 7.17. The van der Waals surface area contributed by atoms with Gasteiger partial charge in [-0.2, -0.15) is 0 Å². The Kier molecular flexibility index (Phi) is 5.53. The number of rotatable bonds is 6. The van der Waals surface area contributed by atoms with Gasteiger partial charge in [-0.15, -0.1) is 0 Å². The number of nitrogens with two attached hydrogens (primary N) is 1. The topological polar surface area (TPSA) is 38.0 Å². The first-order chi connectivity index (χ1) is 8.40. The van der Waals surface area contributed by atoms with Gasteiger partial charge in [-0.25, -0.2) is 0 Å². The van der Waals surface area contributed by atoms with Gasteiger partial charge in [-0.3, -0.25) is 0 Å². The molecule has 0 aromatic rings. The quantitative estimate of drug-likeness (QED) is 0.696. The average molecular weight is 236 g/mol. The summed E-state index contributed by atoms with van der Waals surface area (Å²) in [4.78, 5) is 0.